The first-order chi connectivity index (χ1) is 9.04. The Morgan fingerprint density at radius 1 is 1.32 bits per heavy atom. The monoisotopic (exact) mass is 262 g/mol. The molecule has 19 heavy (non-hydrogen) atoms. The van der Waals surface area contributed by atoms with E-state index in [-0.39, 0.29) is 11.9 Å². The largest absolute Gasteiger partial charge is 0.398 e. The molecule has 0 aliphatic heterocycles. The predicted octanol–water partition coefficient (Wildman–Crippen LogP) is 3.67. The van der Waals surface area contributed by atoms with E-state index in [1.807, 2.05) is 19.1 Å². The minimum atomic E-state index is -0.0327. The first-order valence-corrected chi connectivity index (χ1v) is 7.21. The second kappa shape index (κ2) is 7.82. The fraction of sp³-hybridized carbons (Fsp3) is 0.562. The number of hydrogen-bond donors (Lipinski definition) is 2. The SMILES string of the molecule is CCCCCCC(C)NC(=O)c1ccc(C)c(N)c1. The second-order valence-electron chi connectivity index (χ2n) is 5.30. The summed E-state index contributed by atoms with van der Waals surface area (Å²) in [7, 11) is 0. The highest BCUT2D eigenvalue weighted by Gasteiger charge is 2.10. The van der Waals surface area contributed by atoms with Crippen molar-refractivity contribution in [3.8, 4) is 0 Å². The van der Waals surface area contributed by atoms with Crippen LogP contribution in [0.3, 0.4) is 0 Å². The zero-order chi connectivity index (χ0) is 14.3. The van der Waals surface area contributed by atoms with E-state index < -0.39 is 0 Å². The van der Waals surface area contributed by atoms with Crippen LogP contribution in [-0.4, -0.2) is 11.9 Å². The molecule has 3 heteroatoms. The van der Waals surface area contributed by atoms with E-state index >= 15 is 0 Å². The third-order valence-corrected chi connectivity index (χ3v) is 3.41. The van der Waals surface area contributed by atoms with Gasteiger partial charge in [0.2, 0.25) is 0 Å². The van der Waals surface area contributed by atoms with E-state index in [2.05, 4.69) is 19.2 Å². The second-order valence-corrected chi connectivity index (χ2v) is 5.30. The molecule has 0 aliphatic rings. The fourth-order valence-corrected chi connectivity index (χ4v) is 2.04. The maximum atomic E-state index is 12.0. The molecule has 3 N–H and O–H groups in total. The van der Waals surface area contributed by atoms with Crippen molar-refractivity contribution in [2.24, 2.45) is 0 Å². The van der Waals surface area contributed by atoms with Gasteiger partial charge in [-0.3, -0.25) is 4.79 Å². The number of unbranched alkanes of at least 4 members (excludes halogenated alkanes) is 3. The molecule has 1 aromatic rings. The summed E-state index contributed by atoms with van der Waals surface area (Å²) in [6, 6.07) is 5.67. The van der Waals surface area contributed by atoms with E-state index in [4.69, 9.17) is 5.73 Å². The Kier molecular flexibility index (Phi) is 6.40. The van der Waals surface area contributed by atoms with Gasteiger partial charge in [-0.25, -0.2) is 0 Å². The van der Waals surface area contributed by atoms with Crippen LogP contribution in [0.4, 0.5) is 5.69 Å². The average molecular weight is 262 g/mol. The van der Waals surface area contributed by atoms with Crippen LogP contribution in [-0.2, 0) is 0 Å². The van der Waals surface area contributed by atoms with Gasteiger partial charge in [-0.2, -0.15) is 0 Å². The summed E-state index contributed by atoms with van der Waals surface area (Å²) < 4.78 is 0. The normalized spacial score (nSPS) is 12.2. The van der Waals surface area contributed by atoms with Crippen molar-refractivity contribution in [1.82, 2.24) is 5.32 Å². The lowest BCUT2D eigenvalue weighted by Crippen LogP contribution is -2.32. The van der Waals surface area contributed by atoms with E-state index in [0.29, 0.717) is 11.3 Å². The van der Waals surface area contributed by atoms with Crippen LogP contribution in [0.1, 0.15) is 61.9 Å². The molecule has 0 heterocycles. The Hall–Kier alpha value is -1.51. The number of hydrogen-bond acceptors (Lipinski definition) is 2. The van der Waals surface area contributed by atoms with E-state index in [9.17, 15) is 4.79 Å². The topological polar surface area (TPSA) is 55.1 Å². The van der Waals surface area contributed by atoms with Crippen molar-refractivity contribution in [3.63, 3.8) is 0 Å². The van der Waals surface area contributed by atoms with E-state index in [0.717, 1.165) is 12.0 Å². The smallest absolute Gasteiger partial charge is 0.251 e. The summed E-state index contributed by atoms with van der Waals surface area (Å²) in [5.41, 5.74) is 8.14. The van der Waals surface area contributed by atoms with Gasteiger partial charge in [0.05, 0.1) is 0 Å². The number of carbonyl (C=O) groups is 1. The molecule has 0 bridgehead atoms. The summed E-state index contributed by atoms with van der Waals surface area (Å²) in [6.45, 7) is 6.20. The number of nitrogens with one attached hydrogen (secondary N) is 1. The third kappa shape index (κ3) is 5.33. The standard InChI is InChI=1S/C16H26N2O/c1-4-5-6-7-8-13(3)18-16(19)14-10-9-12(2)15(17)11-14/h9-11,13H,4-8,17H2,1-3H3,(H,18,19). The maximum Gasteiger partial charge on any atom is 0.251 e. The first kappa shape index (κ1) is 15.5. The number of nitrogen functional groups attached to an aromatic ring is 1. The van der Waals surface area contributed by atoms with Crippen LogP contribution < -0.4 is 11.1 Å². The van der Waals surface area contributed by atoms with Crippen molar-refractivity contribution in [3.05, 3.63) is 29.3 Å². The minimum Gasteiger partial charge on any atom is -0.398 e. The molecule has 1 aromatic carbocycles. The summed E-state index contributed by atoms with van der Waals surface area (Å²) in [5, 5.41) is 3.03. The highest BCUT2D eigenvalue weighted by Crippen LogP contribution is 2.13. The molecule has 0 aliphatic carbocycles. The quantitative estimate of drug-likeness (QED) is 0.582. The number of nitrogens with two attached hydrogens (primary N) is 1. The highest BCUT2D eigenvalue weighted by molar-refractivity contribution is 5.95. The summed E-state index contributed by atoms with van der Waals surface area (Å²) in [4.78, 5) is 12.0. The van der Waals surface area contributed by atoms with Crippen LogP contribution in [0.25, 0.3) is 0 Å². The molecule has 0 saturated carbocycles. The third-order valence-electron chi connectivity index (χ3n) is 3.41. The summed E-state index contributed by atoms with van der Waals surface area (Å²) in [5.74, 6) is -0.0327. The number of benzene rings is 1. The number of amides is 1. The van der Waals surface area contributed by atoms with Gasteiger partial charge in [0, 0.05) is 17.3 Å². The molecule has 1 rings (SSSR count). The van der Waals surface area contributed by atoms with Crippen molar-refractivity contribution in [2.75, 3.05) is 5.73 Å². The molecule has 0 aromatic heterocycles. The van der Waals surface area contributed by atoms with Crippen LogP contribution in [0.2, 0.25) is 0 Å². The Bertz CT molecular complexity index is 415. The molecule has 0 spiro atoms. The van der Waals surface area contributed by atoms with Gasteiger partial charge < -0.3 is 11.1 Å². The lowest BCUT2D eigenvalue weighted by molar-refractivity contribution is 0.0938. The molecule has 3 nitrogen and oxygen atoms in total. The van der Waals surface area contributed by atoms with E-state index in [1.54, 1.807) is 6.07 Å². The lowest BCUT2D eigenvalue weighted by atomic mass is 10.1. The van der Waals surface area contributed by atoms with Crippen molar-refractivity contribution in [1.29, 1.82) is 0 Å². The summed E-state index contributed by atoms with van der Waals surface area (Å²) in [6.07, 6.45) is 5.96. The molecule has 0 saturated heterocycles. The van der Waals surface area contributed by atoms with Gasteiger partial charge in [0.15, 0.2) is 0 Å². The van der Waals surface area contributed by atoms with Gasteiger partial charge >= 0.3 is 0 Å². The maximum absolute atomic E-state index is 12.0. The Morgan fingerprint density at radius 2 is 2.05 bits per heavy atom. The highest BCUT2D eigenvalue weighted by atomic mass is 16.1. The van der Waals surface area contributed by atoms with Crippen LogP contribution >= 0.6 is 0 Å². The lowest BCUT2D eigenvalue weighted by Gasteiger charge is -2.14. The number of carbonyl (C=O) groups excluding carboxylic acids is 1. The molecular weight excluding hydrogens is 236 g/mol. The zero-order valence-electron chi connectivity index (χ0n) is 12.3. The van der Waals surface area contributed by atoms with Crippen molar-refractivity contribution >= 4 is 11.6 Å². The molecule has 1 unspecified atom stereocenters. The van der Waals surface area contributed by atoms with Gasteiger partial charge in [-0.15, -0.1) is 0 Å². The Morgan fingerprint density at radius 3 is 2.68 bits per heavy atom. The Balaban J connectivity index is 2.43. The minimum absolute atomic E-state index is 0.0327. The molecule has 0 fully saturated rings. The predicted molar refractivity (Wildman–Crippen MR) is 81.3 cm³/mol. The molecule has 106 valence electrons. The van der Waals surface area contributed by atoms with Crippen molar-refractivity contribution in [2.45, 2.75) is 58.9 Å². The molecule has 1 atom stereocenters. The Labute approximate surface area is 116 Å². The molecule has 0 radical (unpaired) electrons. The van der Waals surface area contributed by atoms with Gasteiger partial charge in [-0.1, -0.05) is 38.7 Å². The van der Waals surface area contributed by atoms with Gasteiger partial charge in [0.25, 0.3) is 5.91 Å². The van der Waals surface area contributed by atoms with Crippen LogP contribution in [0, 0.1) is 6.92 Å². The van der Waals surface area contributed by atoms with Gasteiger partial charge in [0.1, 0.15) is 0 Å². The van der Waals surface area contributed by atoms with E-state index in [1.165, 1.54) is 25.7 Å². The molecular formula is C16H26N2O. The van der Waals surface area contributed by atoms with Crippen LogP contribution in [0.5, 0.6) is 0 Å². The molecule has 1 amide bonds. The zero-order valence-corrected chi connectivity index (χ0v) is 12.3. The van der Waals surface area contributed by atoms with Crippen molar-refractivity contribution < 1.29 is 4.79 Å². The number of anilines is 1. The number of rotatable bonds is 7. The summed E-state index contributed by atoms with van der Waals surface area (Å²) >= 11 is 0. The van der Waals surface area contributed by atoms with Gasteiger partial charge in [-0.05, 0) is 38.0 Å². The fourth-order valence-electron chi connectivity index (χ4n) is 2.04. The average Bonchev–Trinajstić information content (AvgIpc) is 2.38. The number of aryl methyl sites for hydroxylation is 1. The first-order valence-electron chi connectivity index (χ1n) is 7.21. The van der Waals surface area contributed by atoms with Crippen LogP contribution in [0.15, 0.2) is 18.2 Å².